The van der Waals surface area contributed by atoms with Crippen LogP contribution in [0.5, 0.6) is 0 Å². The zero-order valence-electron chi connectivity index (χ0n) is 15.6. The lowest BCUT2D eigenvalue weighted by Crippen LogP contribution is -2.45. The maximum atomic E-state index is 12.7. The molecule has 2 rings (SSSR count). The van der Waals surface area contributed by atoms with E-state index in [1.165, 1.54) is 0 Å². The Hall–Kier alpha value is -1.88. The van der Waals surface area contributed by atoms with Gasteiger partial charge in [-0.15, -0.1) is 0 Å². The minimum absolute atomic E-state index is 0.0880. The van der Waals surface area contributed by atoms with Gasteiger partial charge in [0.2, 0.25) is 0 Å². The minimum Gasteiger partial charge on any atom is -0.466 e. The Labute approximate surface area is 150 Å². The average molecular weight is 346 g/mol. The number of rotatable bonds is 7. The summed E-state index contributed by atoms with van der Waals surface area (Å²) in [6.07, 6.45) is 2.30. The summed E-state index contributed by atoms with van der Waals surface area (Å²) in [5, 5.41) is 0. The molecule has 5 nitrogen and oxygen atoms in total. The third-order valence-corrected chi connectivity index (χ3v) is 4.88. The van der Waals surface area contributed by atoms with E-state index in [4.69, 9.17) is 4.74 Å². The fourth-order valence-electron chi connectivity index (χ4n) is 3.48. The molecule has 0 aromatic heterocycles. The van der Waals surface area contributed by atoms with Crippen LogP contribution in [0.3, 0.4) is 0 Å². The highest BCUT2D eigenvalue weighted by Crippen LogP contribution is 2.30. The van der Waals surface area contributed by atoms with Crippen LogP contribution in [0, 0.1) is 11.8 Å². The number of esters is 1. The molecular weight excluding hydrogens is 316 g/mol. The Morgan fingerprint density at radius 2 is 1.92 bits per heavy atom. The molecule has 0 bridgehead atoms. The molecule has 1 heterocycles. The predicted octanol–water partition coefficient (Wildman–Crippen LogP) is 2.67. The Kier molecular flexibility index (Phi) is 7.44. The largest absolute Gasteiger partial charge is 0.466 e. The summed E-state index contributed by atoms with van der Waals surface area (Å²) in [5.41, 5.74) is 0.734. The summed E-state index contributed by atoms with van der Waals surface area (Å²) in [5.74, 6) is 0.585. The zero-order valence-corrected chi connectivity index (χ0v) is 15.6. The monoisotopic (exact) mass is 346 g/mol. The van der Waals surface area contributed by atoms with Crippen molar-refractivity contribution in [3.05, 3.63) is 35.9 Å². The molecule has 1 fully saturated rings. The van der Waals surface area contributed by atoms with Crippen LogP contribution in [0.25, 0.3) is 0 Å². The predicted molar refractivity (Wildman–Crippen MR) is 98.4 cm³/mol. The first-order valence-corrected chi connectivity index (χ1v) is 9.16. The van der Waals surface area contributed by atoms with Crippen molar-refractivity contribution in [2.45, 2.75) is 26.2 Å². The topological polar surface area (TPSA) is 49.9 Å². The van der Waals surface area contributed by atoms with Gasteiger partial charge in [0.05, 0.1) is 6.61 Å². The number of hydrogen-bond acceptors (Lipinski definition) is 4. The normalized spacial score (nSPS) is 20.6. The molecule has 2 unspecified atom stereocenters. The Balaban J connectivity index is 2.03. The molecule has 1 aliphatic heterocycles. The second-order valence-electron chi connectivity index (χ2n) is 7.03. The van der Waals surface area contributed by atoms with Gasteiger partial charge in [-0.1, -0.05) is 18.2 Å². The molecule has 0 spiro atoms. The van der Waals surface area contributed by atoms with Crippen molar-refractivity contribution in [2.24, 2.45) is 11.8 Å². The van der Waals surface area contributed by atoms with Crippen LogP contribution in [0.2, 0.25) is 0 Å². The molecular formula is C20H30N2O3. The number of carbonyl (C=O) groups is 2. The molecule has 0 radical (unpaired) electrons. The number of amides is 1. The van der Waals surface area contributed by atoms with Crippen molar-refractivity contribution in [3.8, 4) is 0 Å². The van der Waals surface area contributed by atoms with Crippen LogP contribution < -0.4 is 0 Å². The number of benzene rings is 1. The SMILES string of the molecule is CCOC(=O)CC1CCN(C(=O)c2ccccc2)CC1CCN(C)C. The Bertz CT molecular complexity index is 559. The highest BCUT2D eigenvalue weighted by Gasteiger charge is 2.33. The lowest BCUT2D eigenvalue weighted by molar-refractivity contribution is -0.145. The molecule has 0 aliphatic carbocycles. The fourth-order valence-corrected chi connectivity index (χ4v) is 3.48. The van der Waals surface area contributed by atoms with E-state index in [-0.39, 0.29) is 11.9 Å². The van der Waals surface area contributed by atoms with Gasteiger partial charge < -0.3 is 14.5 Å². The van der Waals surface area contributed by atoms with E-state index >= 15 is 0 Å². The summed E-state index contributed by atoms with van der Waals surface area (Å²) < 4.78 is 5.13. The minimum atomic E-state index is -0.120. The third-order valence-electron chi connectivity index (χ3n) is 4.88. The average Bonchev–Trinajstić information content (AvgIpc) is 2.61. The smallest absolute Gasteiger partial charge is 0.306 e. The van der Waals surface area contributed by atoms with Crippen molar-refractivity contribution in [1.29, 1.82) is 0 Å². The van der Waals surface area contributed by atoms with Crippen LogP contribution in [0.15, 0.2) is 30.3 Å². The standard InChI is InChI=1S/C20H30N2O3/c1-4-25-19(23)14-17-11-13-22(15-18(17)10-12-21(2)3)20(24)16-8-6-5-7-9-16/h5-9,17-18H,4,10-15H2,1-3H3. The first-order chi connectivity index (χ1) is 12.0. The summed E-state index contributed by atoms with van der Waals surface area (Å²) in [6.45, 7) is 4.63. The van der Waals surface area contributed by atoms with Gasteiger partial charge in [0.25, 0.3) is 5.91 Å². The number of nitrogens with zero attached hydrogens (tertiary/aromatic N) is 2. The molecule has 25 heavy (non-hydrogen) atoms. The number of piperidine rings is 1. The Morgan fingerprint density at radius 3 is 2.56 bits per heavy atom. The van der Waals surface area contributed by atoms with Crippen LogP contribution >= 0.6 is 0 Å². The number of ether oxygens (including phenoxy) is 1. The van der Waals surface area contributed by atoms with Crippen molar-refractivity contribution < 1.29 is 14.3 Å². The van der Waals surface area contributed by atoms with Gasteiger partial charge >= 0.3 is 5.97 Å². The summed E-state index contributed by atoms with van der Waals surface area (Å²) >= 11 is 0. The van der Waals surface area contributed by atoms with Crippen LogP contribution in [-0.4, -0.2) is 62.0 Å². The van der Waals surface area contributed by atoms with Gasteiger partial charge in [-0.25, -0.2) is 0 Å². The molecule has 138 valence electrons. The van der Waals surface area contributed by atoms with Crippen molar-refractivity contribution in [1.82, 2.24) is 9.80 Å². The second kappa shape index (κ2) is 9.56. The summed E-state index contributed by atoms with van der Waals surface area (Å²) in [4.78, 5) is 28.8. The van der Waals surface area contributed by atoms with Crippen molar-refractivity contribution in [3.63, 3.8) is 0 Å². The van der Waals surface area contributed by atoms with E-state index in [9.17, 15) is 9.59 Å². The maximum absolute atomic E-state index is 12.7. The van der Waals surface area contributed by atoms with Gasteiger partial charge in [-0.3, -0.25) is 9.59 Å². The quantitative estimate of drug-likeness (QED) is 0.712. The van der Waals surface area contributed by atoms with E-state index in [2.05, 4.69) is 19.0 Å². The second-order valence-corrected chi connectivity index (χ2v) is 7.03. The number of carbonyl (C=O) groups excluding carboxylic acids is 2. The molecule has 1 aliphatic rings. The van der Waals surface area contributed by atoms with E-state index < -0.39 is 0 Å². The number of likely N-dealkylation sites (tertiary alicyclic amines) is 1. The van der Waals surface area contributed by atoms with E-state index in [1.54, 1.807) is 0 Å². The Morgan fingerprint density at radius 1 is 1.20 bits per heavy atom. The maximum Gasteiger partial charge on any atom is 0.306 e. The zero-order chi connectivity index (χ0) is 18.2. The summed E-state index contributed by atoms with van der Waals surface area (Å²) in [6, 6.07) is 9.43. The molecule has 2 atom stereocenters. The van der Waals surface area contributed by atoms with Crippen LogP contribution in [-0.2, 0) is 9.53 Å². The van der Waals surface area contributed by atoms with Gasteiger partial charge in [-0.05, 0) is 64.4 Å². The highest BCUT2D eigenvalue weighted by atomic mass is 16.5. The lowest BCUT2D eigenvalue weighted by Gasteiger charge is -2.39. The van der Waals surface area contributed by atoms with Gasteiger partial charge in [-0.2, -0.15) is 0 Å². The first kappa shape index (κ1) is 19.4. The lowest BCUT2D eigenvalue weighted by atomic mass is 9.81. The third kappa shape index (κ3) is 5.85. The van der Waals surface area contributed by atoms with E-state index in [1.807, 2.05) is 42.2 Å². The molecule has 0 saturated carbocycles. The first-order valence-electron chi connectivity index (χ1n) is 9.16. The van der Waals surface area contributed by atoms with Gasteiger partial charge in [0.15, 0.2) is 0 Å². The summed E-state index contributed by atoms with van der Waals surface area (Å²) in [7, 11) is 4.10. The number of hydrogen-bond donors (Lipinski definition) is 0. The van der Waals surface area contributed by atoms with Gasteiger partial charge in [0, 0.05) is 25.1 Å². The van der Waals surface area contributed by atoms with Gasteiger partial charge in [0.1, 0.15) is 0 Å². The van der Waals surface area contributed by atoms with Crippen LogP contribution in [0.4, 0.5) is 0 Å². The van der Waals surface area contributed by atoms with Crippen LogP contribution in [0.1, 0.15) is 36.5 Å². The molecule has 1 saturated heterocycles. The fraction of sp³-hybridized carbons (Fsp3) is 0.600. The van der Waals surface area contributed by atoms with E-state index in [0.717, 1.165) is 24.9 Å². The molecule has 5 heteroatoms. The molecule has 1 aromatic carbocycles. The molecule has 1 aromatic rings. The molecule has 1 amide bonds. The van der Waals surface area contributed by atoms with Crippen molar-refractivity contribution >= 4 is 11.9 Å². The highest BCUT2D eigenvalue weighted by molar-refractivity contribution is 5.94. The van der Waals surface area contributed by atoms with E-state index in [0.29, 0.717) is 38.0 Å². The van der Waals surface area contributed by atoms with Crippen molar-refractivity contribution in [2.75, 3.05) is 40.3 Å². The molecule has 0 N–H and O–H groups in total.